The highest BCUT2D eigenvalue weighted by atomic mass is 32.2. The molecule has 2 rings (SSSR count). The molecule has 0 unspecified atom stereocenters. The summed E-state index contributed by atoms with van der Waals surface area (Å²) in [4.78, 5) is 14.4. The molecule has 0 atom stereocenters. The van der Waals surface area contributed by atoms with Crippen LogP contribution in [0.1, 0.15) is 10.4 Å². The minimum Gasteiger partial charge on any atom is -0.508 e. The smallest absolute Gasteiger partial charge is 0.223 e. The second-order valence-corrected chi connectivity index (χ2v) is 5.44. The molecular weight excluding hydrogens is 254 g/mol. The van der Waals surface area contributed by atoms with Crippen LogP contribution in [0.15, 0.2) is 52.5 Å². The lowest BCUT2D eigenvalue weighted by molar-refractivity contribution is 0.112. The summed E-state index contributed by atoms with van der Waals surface area (Å²) in [5, 5.41) is 8.92. The second-order valence-electron chi connectivity index (χ2n) is 3.54. The molecule has 2 aromatic rings. The molecule has 6 heteroatoms. The largest absolute Gasteiger partial charge is 0.508 e. The van der Waals surface area contributed by atoms with Gasteiger partial charge in [-0.15, -0.1) is 0 Å². The third-order valence-electron chi connectivity index (χ3n) is 2.32. The maximum Gasteiger partial charge on any atom is 0.223 e. The molecule has 0 spiro atoms. The van der Waals surface area contributed by atoms with Crippen molar-refractivity contribution in [2.45, 2.75) is 9.92 Å². The van der Waals surface area contributed by atoms with E-state index < -0.39 is 9.84 Å². The van der Waals surface area contributed by atoms with Gasteiger partial charge in [0, 0.05) is 11.8 Å². The van der Waals surface area contributed by atoms with Gasteiger partial charge in [0.15, 0.2) is 5.03 Å². The van der Waals surface area contributed by atoms with Crippen molar-refractivity contribution in [3.63, 3.8) is 0 Å². The van der Waals surface area contributed by atoms with Gasteiger partial charge < -0.3 is 5.11 Å². The van der Waals surface area contributed by atoms with Crippen molar-refractivity contribution in [3.05, 3.63) is 48.2 Å². The van der Waals surface area contributed by atoms with Crippen molar-refractivity contribution >= 4 is 16.1 Å². The van der Waals surface area contributed by atoms with Gasteiger partial charge >= 0.3 is 0 Å². The van der Waals surface area contributed by atoms with Crippen molar-refractivity contribution in [2.24, 2.45) is 0 Å². The SMILES string of the molecule is O=Cc1ccnc(S(=O)(=O)c2ccc(O)cc2)c1. The first-order valence-corrected chi connectivity index (χ1v) is 6.48. The number of aromatic hydroxyl groups is 1. The number of benzene rings is 1. The Kier molecular flexibility index (Phi) is 3.12. The van der Waals surface area contributed by atoms with Crippen molar-refractivity contribution in [3.8, 4) is 5.75 Å². The van der Waals surface area contributed by atoms with E-state index in [2.05, 4.69) is 4.98 Å². The molecule has 1 heterocycles. The minimum absolute atomic E-state index is 0.0100. The highest BCUT2D eigenvalue weighted by molar-refractivity contribution is 7.91. The zero-order valence-corrected chi connectivity index (χ0v) is 9.96. The van der Waals surface area contributed by atoms with E-state index in [-0.39, 0.29) is 21.2 Å². The maximum atomic E-state index is 12.2. The maximum absolute atomic E-state index is 12.2. The van der Waals surface area contributed by atoms with E-state index in [1.54, 1.807) is 0 Å². The van der Waals surface area contributed by atoms with Gasteiger partial charge in [-0.05, 0) is 36.4 Å². The van der Waals surface area contributed by atoms with Crippen LogP contribution >= 0.6 is 0 Å². The molecule has 0 aliphatic heterocycles. The fourth-order valence-corrected chi connectivity index (χ4v) is 2.62. The lowest BCUT2D eigenvalue weighted by Gasteiger charge is -2.04. The number of aldehydes is 1. The van der Waals surface area contributed by atoms with E-state index in [1.807, 2.05) is 0 Å². The van der Waals surface area contributed by atoms with Crippen LogP contribution in [-0.2, 0) is 9.84 Å². The van der Waals surface area contributed by atoms with Crippen LogP contribution in [0.5, 0.6) is 5.75 Å². The summed E-state index contributed by atoms with van der Waals surface area (Å²) in [6, 6.07) is 7.73. The summed E-state index contributed by atoms with van der Waals surface area (Å²) in [7, 11) is -3.77. The van der Waals surface area contributed by atoms with Crippen molar-refractivity contribution in [2.75, 3.05) is 0 Å². The first kappa shape index (κ1) is 12.3. The summed E-state index contributed by atoms with van der Waals surface area (Å²) < 4.78 is 24.3. The van der Waals surface area contributed by atoms with E-state index in [0.29, 0.717) is 6.29 Å². The fraction of sp³-hybridized carbons (Fsp3) is 0. The molecule has 5 nitrogen and oxygen atoms in total. The normalized spacial score (nSPS) is 11.1. The Morgan fingerprint density at radius 1 is 1.11 bits per heavy atom. The Morgan fingerprint density at radius 3 is 2.39 bits per heavy atom. The molecule has 0 radical (unpaired) electrons. The molecule has 92 valence electrons. The highest BCUT2D eigenvalue weighted by Gasteiger charge is 2.19. The average Bonchev–Trinajstić information content (AvgIpc) is 2.39. The highest BCUT2D eigenvalue weighted by Crippen LogP contribution is 2.21. The van der Waals surface area contributed by atoms with Gasteiger partial charge in [0.1, 0.15) is 12.0 Å². The van der Waals surface area contributed by atoms with Crippen LogP contribution in [0.25, 0.3) is 0 Å². The molecule has 0 amide bonds. The number of phenols is 1. The Bertz CT molecular complexity index is 677. The minimum atomic E-state index is -3.77. The number of pyridine rings is 1. The molecule has 0 bridgehead atoms. The van der Waals surface area contributed by atoms with Gasteiger partial charge in [0.2, 0.25) is 9.84 Å². The number of hydrogen-bond donors (Lipinski definition) is 1. The molecule has 0 saturated carbocycles. The van der Waals surface area contributed by atoms with Crippen LogP contribution < -0.4 is 0 Å². The molecule has 1 N–H and O–H groups in total. The number of aromatic nitrogens is 1. The Hall–Kier alpha value is -2.21. The first-order chi connectivity index (χ1) is 8.54. The zero-order valence-electron chi connectivity index (χ0n) is 9.15. The molecule has 18 heavy (non-hydrogen) atoms. The van der Waals surface area contributed by atoms with Crippen LogP contribution in [0.4, 0.5) is 0 Å². The molecule has 0 fully saturated rings. The summed E-state index contributed by atoms with van der Waals surface area (Å²) in [6.07, 6.45) is 1.81. The lowest BCUT2D eigenvalue weighted by Crippen LogP contribution is -2.04. The number of sulfone groups is 1. The van der Waals surface area contributed by atoms with Gasteiger partial charge in [-0.3, -0.25) is 4.79 Å². The van der Waals surface area contributed by atoms with E-state index in [1.165, 1.54) is 42.6 Å². The number of rotatable bonds is 3. The van der Waals surface area contributed by atoms with Gasteiger partial charge in [-0.1, -0.05) is 0 Å². The summed E-state index contributed by atoms with van der Waals surface area (Å²) >= 11 is 0. The molecule has 0 saturated heterocycles. The average molecular weight is 263 g/mol. The number of hydrogen-bond acceptors (Lipinski definition) is 5. The van der Waals surface area contributed by atoms with E-state index in [9.17, 15) is 13.2 Å². The number of carbonyl (C=O) groups is 1. The number of carbonyl (C=O) groups excluding carboxylic acids is 1. The molecule has 0 aliphatic carbocycles. The van der Waals surface area contributed by atoms with Crippen molar-refractivity contribution < 1.29 is 18.3 Å². The zero-order chi connectivity index (χ0) is 13.2. The lowest BCUT2D eigenvalue weighted by atomic mass is 10.3. The van der Waals surface area contributed by atoms with Gasteiger partial charge in [0.05, 0.1) is 4.90 Å². The monoisotopic (exact) mass is 263 g/mol. The van der Waals surface area contributed by atoms with Crippen molar-refractivity contribution in [1.29, 1.82) is 0 Å². The molecule has 0 aliphatic rings. The van der Waals surface area contributed by atoms with Gasteiger partial charge in [0.25, 0.3) is 0 Å². The summed E-state index contributed by atoms with van der Waals surface area (Å²) in [6.45, 7) is 0. The third-order valence-corrected chi connectivity index (χ3v) is 3.98. The molecular formula is C12H9NO4S. The Morgan fingerprint density at radius 2 is 1.78 bits per heavy atom. The summed E-state index contributed by atoms with van der Waals surface area (Å²) in [5.41, 5.74) is 0.238. The molecule has 1 aromatic heterocycles. The predicted octanol–water partition coefficient (Wildman–Crippen LogP) is 1.43. The first-order valence-electron chi connectivity index (χ1n) is 4.99. The third kappa shape index (κ3) is 2.23. The predicted molar refractivity (Wildman–Crippen MR) is 63.2 cm³/mol. The Balaban J connectivity index is 2.54. The van der Waals surface area contributed by atoms with Crippen LogP contribution in [0.2, 0.25) is 0 Å². The molecule has 1 aromatic carbocycles. The standard InChI is InChI=1S/C12H9NO4S/c14-8-9-5-6-13-12(7-9)18(16,17)11-3-1-10(15)2-4-11/h1-8,15H. The van der Waals surface area contributed by atoms with Crippen LogP contribution in [-0.4, -0.2) is 24.8 Å². The van der Waals surface area contributed by atoms with Gasteiger partial charge in [-0.2, -0.15) is 0 Å². The van der Waals surface area contributed by atoms with E-state index in [4.69, 9.17) is 5.11 Å². The topological polar surface area (TPSA) is 84.3 Å². The van der Waals surface area contributed by atoms with Crippen LogP contribution in [0.3, 0.4) is 0 Å². The van der Waals surface area contributed by atoms with Crippen LogP contribution in [0, 0.1) is 0 Å². The number of nitrogens with zero attached hydrogens (tertiary/aromatic N) is 1. The quantitative estimate of drug-likeness (QED) is 0.847. The van der Waals surface area contributed by atoms with Crippen molar-refractivity contribution in [1.82, 2.24) is 4.98 Å². The van der Waals surface area contributed by atoms with E-state index >= 15 is 0 Å². The number of phenolic OH excluding ortho intramolecular Hbond substituents is 1. The summed E-state index contributed by atoms with van der Waals surface area (Å²) in [5.74, 6) is -0.0245. The van der Waals surface area contributed by atoms with E-state index in [0.717, 1.165) is 0 Å². The fourth-order valence-electron chi connectivity index (χ4n) is 1.39. The second kappa shape index (κ2) is 4.58. The Labute approximate surface area is 104 Å². The van der Waals surface area contributed by atoms with Gasteiger partial charge in [-0.25, -0.2) is 13.4 Å².